The number of non-ortho nitro benzene ring substituents is 1. The molecule has 0 heterocycles. The Labute approximate surface area is 120 Å². The number of amides is 2. The fourth-order valence-electron chi connectivity index (χ4n) is 1.53. The number of urea groups is 1. The zero-order chi connectivity index (χ0) is 15.1. The molecule has 0 bridgehead atoms. The molecule has 7 nitrogen and oxygen atoms in total. The smallest absolute Gasteiger partial charge is 0.307 e. The van der Waals surface area contributed by atoms with E-state index in [1.54, 1.807) is 36.4 Å². The lowest BCUT2D eigenvalue weighted by Crippen LogP contribution is -2.24. The summed E-state index contributed by atoms with van der Waals surface area (Å²) in [5.74, 6) is 0. The van der Waals surface area contributed by atoms with Crippen LogP contribution in [0.25, 0.3) is 0 Å². The summed E-state index contributed by atoms with van der Waals surface area (Å²) in [5.41, 5.74) is 3.60. The fraction of sp³-hybridized carbons (Fsp3) is 0. The van der Waals surface area contributed by atoms with Gasteiger partial charge in [0.15, 0.2) is 0 Å². The minimum atomic E-state index is -0.480. The third kappa shape index (κ3) is 4.43. The van der Waals surface area contributed by atoms with Gasteiger partial charge >= 0.3 is 6.03 Å². The van der Waals surface area contributed by atoms with Crippen LogP contribution in [-0.2, 0) is 0 Å². The van der Waals surface area contributed by atoms with E-state index < -0.39 is 11.0 Å². The summed E-state index contributed by atoms with van der Waals surface area (Å²) in [6.45, 7) is 0. The molecule has 0 saturated heterocycles. The van der Waals surface area contributed by atoms with Gasteiger partial charge < -0.3 is 5.32 Å². The maximum Gasteiger partial charge on any atom is 0.339 e. The van der Waals surface area contributed by atoms with Crippen LogP contribution in [0.1, 0.15) is 5.56 Å². The highest BCUT2D eigenvalue weighted by Gasteiger charge is 2.02. The molecule has 0 radical (unpaired) electrons. The second-order valence-electron chi connectivity index (χ2n) is 4.04. The number of hydrazone groups is 1. The van der Waals surface area contributed by atoms with Gasteiger partial charge in [-0.05, 0) is 29.8 Å². The molecule has 2 N–H and O–H groups in total. The molecule has 0 aliphatic carbocycles. The standard InChI is InChI=1S/C14H12N4O3/c19-14(16-12-4-2-1-3-5-12)17-15-10-11-6-8-13(9-7-11)18(20)21/h1-10H,(H2,16,17,19)/b15-10+. The minimum absolute atomic E-state index is 0.00179. The van der Waals surface area contributed by atoms with E-state index in [0.717, 1.165) is 0 Å². The highest BCUT2D eigenvalue weighted by Crippen LogP contribution is 2.10. The van der Waals surface area contributed by atoms with Crippen LogP contribution in [0.15, 0.2) is 59.7 Å². The molecule has 2 aromatic carbocycles. The molecule has 7 heteroatoms. The van der Waals surface area contributed by atoms with Crippen molar-refractivity contribution < 1.29 is 9.72 Å². The van der Waals surface area contributed by atoms with E-state index >= 15 is 0 Å². The average molecular weight is 284 g/mol. The highest BCUT2D eigenvalue weighted by atomic mass is 16.6. The van der Waals surface area contributed by atoms with E-state index in [1.807, 2.05) is 6.07 Å². The van der Waals surface area contributed by atoms with Gasteiger partial charge in [0.05, 0.1) is 11.1 Å². The summed E-state index contributed by atoms with van der Waals surface area (Å²) in [6.07, 6.45) is 1.40. The Hall–Kier alpha value is -3.22. The van der Waals surface area contributed by atoms with Crippen molar-refractivity contribution in [2.75, 3.05) is 5.32 Å². The maximum atomic E-state index is 11.5. The first kappa shape index (κ1) is 14.2. The molecule has 2 aromatic rings. The number of hydrogen-bond acceptors (Lipinski definition) is 4. The SMILES string of the molecule is O=C(N/N=C/c1ccc([N+](=O)[O-])cc1)Nc1ccccc1. The Morgan fingerprint density at radius 2 is 1.76 bits per heavy atom. The van der Waals surface area contributed by atoms with Crippen molar-refractivity contribution in [2.45, 2.75) is 0 Å². The van der Waals surface area contributed by atoms with E-state index in [2.05, 4.69) is 15.8 Å². The van der Waals surface area contributed by atoms with Gasteiger partial charge in [0, 0.05) is 17.8 Å². The molecule has 0 aliphatic heterocycles. The van der Waals surface area contributed by atoms with Crippen molar-refractivity contribution in [1.82, 2.24) is 5.43 Å². The van der Waals surface area contributed by atoms with Gasteiger partial charge in [0.1, 0.15) is 0 Å². The number of benzene rings is 2. The van der Waals surface area contributed by atoms with Crippen LogP contribution in [0.3, 0.4) is 0 Å². The lowest BCUT2D eigenvalue weighted by molar-refractivity contribution is -0.384. The third-order valence-electron chi connectivity index (χ3n) is 2.52. The number of anilines is 1. The average Bonchev–Trinajstić information content (AvgIpc) is 2.49. The lowest BCUT2D eigenvalue weighted by Gasteiger charge is -2.02. The Balaban J connectivity index is 1.87. The number of para-hydroxylation sites is 1. The summed E-state index contributed by atoms with van der Waals surface area (Å²) >= 11 is 0. The first-order valence-electron chi connectivity index (χ1n) is 6.05. The molecule has 21 heavy (non-hydrogen) atoms. The second kappa shape index (κ2) is 6.80. The molecule has 0 unspecified atom stereocenters. The lowest BCUT2D eigenvalue weighted by atomic mass is 10.2. The van der Waals surface area contributed by atoms with Crippen molar-refractivity contribution in [3.05, 3.63) is 70.3 Å². The van der Waals surface area contributed by atoms with Crippen molar-refractivity contribution >= 4 is 23.6 Å². The van der Waals surface area contributed by atoms with Crippen molar-refractivity contribution in [1.29, 1.82) is 0 Å². The predicted octanol–water partition coefficient (Wildman–Crippen LogP) is 2.75. The van der Waals surface area contributed by atoms with Gasteiger partial charge in [-0.25, -0.2) is 10.2 Å². The molecule has 0 aliphatic rings. The first-order chi connectivity index (χ1) is 10.1. The number of nitro benzene ring substituents is 1. The molecular weight excluding hydrogens is 272 g/mol. The summed E-state index contributed by atoms with van der Waals surface area (Å²) in [4.78, 5) is 21.5. The molecule has 0 spiro atoms. The first-order valence-corrected chi connectivity index (χ1v) is 6.05. The number of nitrogens with one attached hydrogen (secondary N) is 2. The Morgan fingerprint density at radius 1 is 1.10 bits per heavy atom. The highest BCUT2D eigenvalue weighted by molar-refractivity contribution is 5.90. The number of hydrogen-bond donors (Lipinski definition) is 2. The maximum absolute atomic E-state index is 11.5. The largest absolute Gasteiger partial charge is 0.339 e. The Bertz CT molecular complexity index is 654. The van der Waals surface area contributed by atoms with E-state index in [-0.39, 0.29) is 5.69 Å². The van der Waals surface area contributed by atoms with Crippen LogP contribution >= 0.6 is 0 Å². The summed E-state index contributed by atoms with van der Waals surface area (Å²) in [7, 11) is 0. The molecular formula is C14H12N4O3. The summed E-state index contributed by atoms with van der Waals surface area (Å²) in [5, 5.41) is 16.9. The molecule has 106 valence electrons. The zero-order valence-corrected chi connectivity index (χ0v) is 10.9. The Morgan fingerprint density at radius 3 is 2.38 bits per heavy atom. The van der Waals surface area contributed by atoms with Crippen molar-refractivity contribution in [3.8, 4) is 0 Å². The van der Waals surface area contributed by atoms with Crippen molar-refractivity contribution in [2.24, 2.45) is 5.10 Å². The minimum Gasteiger partial charge on any atom is -0.307 e. The zero-order valence-electron chi connectivity index (χ0n) is 10.9. The van der Waals surface area contributed by atoms with E-state index in [4.69, 9.17) is 0 Å². The number of nitro groups is 1. The molecule has 0 saturated carbocycles. The van der Waals surface area contributed by atoms with Gasteiger partial charge in [0.2, 0.25) is 0 Å². The quantitative estimate of drug-likeness (QED) is 0.513. The summed E-state index contributed by atoms with van der Waals surface area (Å²) in [6, 6.07) is 14.3. The number of nitrogens with zero attached hydrogens (tertiary/aromatic N) is 2. The van der Waals surface area contributed by atoms with E-state index in [1.165, 1.54) is 18.3 Å². The van der Waals surface area contributed by atoms with Gasteiger partial charge in [-0.15, -0.1) is 0 Å². The van der Waals surface area contributed by atoms with Crippen LogP contribution in [0.4, 0.5) is 16.2 Å². The predicted molar refractivity (Wildman–Crippen MR) is 79.3 cm³/mol. The van der Waals surface area contributed by atoms with Crippen LogP contribution in [0.2, 0.25) is 0 Å². The van der Waals surface area contributed by atoms with Gasteiger partial charge in [-0.1, -0.05) is 18.2 Å². The topological polar surface area (TPSA) is 96.6 Å². The molecule has 0 aromatic heterocycles. The Kier molecular flexibility index (Phi) is 4.60. The van der Waals surface area contributed by atoms with Crippen molar-refractivity contribution in [3.63, 3.8) is 0 Å². The second-order valence-corrected chi connectivity index (χ2v) is 4.04. The normalized spacial score (nSPS) is 10.3. The third-order valence-corrected chi connectivity index (χ3v) is 2.52. The molecule has 0 atom stereocenters. The van der Waals surface area contributed by atoms with Crippen LogP contribution in [0, 0.1) is 10.1 Å². The van der Waals surface area contributed by atoms with E-state index in [0.29, 0.717) is 11.3 Å². The van der Waals surface area contributed by atoms with Gasteiger partial charge in [0.25, 0.3) is 5.69 Å². The van der Waals surface area contributed by atoms with Crippen LogP contribution in [0.5, 0.6) is 0 Å². The van der Waals surface area contributed by atoms with Gasteiger partial charge in [-0.3, -0.25) is 10.1 Å². The van der Waals surface area contributed by atoms with Crippen LogP contribution < -0.4 is 10.7 Å². The van der Waals surface area contributed by atoms with E-state index in [9.17, 15) is 14.9 Å². The number of rotatable bonds is 4. The molecule has 2 amide bonds. The molecule has 2 rings (SSSR count). The van der Waals surface area contributed by atoms with Gasteiger partial charge in [-0.2, -0.15) is 5.10 Å². The number of carbonyl (C=O) groups excluding carboxylic acids is 1. The van der Waals surface area contributed by atoms with Crippen LogP contribution in [-0.4, -0.2) is 17.2 Å². The number of carbonyl (C=O) groups is 1. The summed E-state index contributed by atoms with van der Waals surface area (Å²) < 4.78 is 0. The molecule has 0 fully saturated rings. The fourth-order valence-corrected chi connectivity index (χ4v) is 1.53. The monoisotopic (exact) mass is 284 g/mol.